The van der Waals surface area contributed by atoms with Crippen molar-refractivity contribution in [2.24, 2.45) is 0 Å². The zero-order valence-corrected chi connectivity index (χ0v) is 52.6. The fourth-order valence-corrected chi connectivity index (χ4v) is 35.0. The van der Waals surface area contributed by atoms with Crippen LogP contribution >= 0.6 is 0 Å². The minimum absolute atomic E-state index is 0. The van der Waals surface area contributed by atoms with Gasteiger partial charge in [0.2, 0.25) is 33.3 Å². The summed E-state index contributed by atoms with van der Waals surface area (Å²) in [5.74, 6) is 4.24. The molecule has 0 amide bonds. The molecule has 0 aliphatic rings. The first kappa shape index (κ1) is 57.9. The van der Waals surface area contributed by atoms with Crippen LogP contribution < -0.4 is 17.7 Å². The Hall–Kier alpha value is -1.39. The quantitative estimate of drug-likeness (QED) is 0.0548. The van der Waals surface area contributed by atoms with Crippen molar-refractivity contribution in [1.29, 1.82) is 0 Å². The maximum absolute atomic E-state index is 7.85. The van der Waals surface area contributed by atoms with Crippen LogP contribution in [0.4, 0.5) is 0 Å². The predicted octanol–water partition coefficient (Wildman–Crippen LogP) is 19.4. The van der Waals surface area contributed by atoms with Gasteiger partial charge in [0.05, 0.1) is 0 Å². The molecule has 4 aromatic carbocycles. The van der Waals surface area contributed by atoms with E-state index in [1.54, 1.807) is 0 Å². The molecule has 0 saturated heterocycles. The van der Waals surface area contributed by atoms with Gasteiger partial charge in [-0.15, -0.1) is 35.0 Å². The van der Waals surface area contributed by atoms with Crippen molar-refractivity contribution in [3.8, 4) is 23.0 Å². The molecule has 0 aliphatic heterocycles. The Bertz CT molecular complexity index is 1880. The van der Waals surface area contributed by atoms with E-state index in [1.165, 1.54) is 32.7 Å². The molecular weight excluding hydrogens is 940 g/mol. The van der Waals surface area contributed by atoms with E-state index in [9.17, 15) is 0 Å². The Morgan fingerprint density at radius 3 is 0.769 bits per heavy atom. The van der Waals surface area contributed by atoms with Gasteiger partial charge in [-0.05, 0) is 90.8 Å². The first-order valence-corrected chi connectivity index (χ1v) is 34.4. The van der Waals surface area contributed by atoms with Gasteiger partial charge in [0.25, 0.3) is 0 Å². The van der Waals surface area contributed by atoms with Gasteiger partial charge in [-0.3, -0.25) is 0 Å². The number of hydrogen-bond donors (Lipinski definition) is 0. The van der Waals surface area contributed by atoms with Gasteiger partial charge in [-0.1, -0.05) is 212 Å². The van der Waals surface area contributed by atoms with Crippen molar-refractivity contribution in [1.82, 2.24) is 0 Å². The SMILES string of the molecule is CC(C)[Si](Oc1c(CCc2[cH-]c3c(O[Si](C(C)C)(C(C)C)C(C)C)cccc3c2O[Si](C(C)C)(C(C)C)C(C)C)[cH-]c2c(O[Si](C(C)C)(C(C)C)C(C)C)cccc12)(C(C)C)C(C)C.[Zr+2]. The number of aryl methyl sites for hydroxylation is 2. The minimum atomic E-state index is -2.34. The summed E-state index contributed by atoms with van der Waals surface area (Å²) in [5, 5.41) is 4.81. The molecule has 0 heterocycles. The average Bonchev–Trinajstić information content (AvgIpc) is 3.71. The van der Waals surface area contributed by atoms with Crippen LogP contribution in [0.2, 0.25) is 66.5 Å². The number of hydrogen-bond acceptors (Lipinski definition) is 4. The maximum Gasteiger partial charge on any atom is 2.00 e. The van der Waals surface area contributed by atoms with Crippen LogP contribution in [0, 0.1) is 0 Å². The minimum Gasteiger partial charge on any atom is -0.592 e. The largest absolute Gasteiger partial charge is 2.00 e. The van der Waals surface area contributed by atoms with Crippen LogP contribution in [0.15, 0.2) is 48.5 Å². The molecule has 4 nitrogen and oxygen atoms in total. The summed E-state index contributed by atoms with van der Waals surface area (Å²) >= 11 is 0. The molecule has 4 aromatic rings. The molecule has 0 saturated carbocycles. The molecule has 65 heavy (non-hydrogen) atoms. The Morgan fingerprint density at radius 1 is 0.338 bits per heavy atom. The standard InChI is InChI=1S/C56H96O4Si4.Zr/c1-35(2)61(36(3)4,37(5)6)57-53-29-25-27-49-51(53)33-47(55(49)59-63(41(13)14,42(15)16)43(17)18)31-32-48-34-52-50(56(48)60-64(44(19)20,45(21)22)46(23)24)28-26-30-54(52)58-62(38(7)8,39(9)10)40(11)12;/h25-30,33-46H,31-32H2,1-24H3;/q-2;+2. The second kappa shape index (κ2) is 22.6. The van der Waals surface area contributed by atoms with Crippen molar-refractivity contribution in [3.63, 3.8) is 0 Å². The monoisotopic (exact) mass is 1030 g/mol. The Kier molecular flexibility index (Phi) is 20.1. The third kappa shape index (κ3) is 10.6. The first-order valence-electron chi connectivity index (χ1n) is 25.8. The smallest absolute Gasteiger partial charge is 0.592 e. The summed E-state index contributed by atoms with van der Waals surface area (Å²) in [6.07, 6.45) is 1.68. The van der Waals surface area contributed by atoms with E-state index < -0.39 is 33.3 Å². The topological polar surface area (TPSA) is 36.9 Å². The molecule has 0 atom stereocenters. The van der Waals surface area contributed by atoms with Gasteiger partial charge in [-0.25, -0.2) is 0 Å². The first-order chi connectivity index (χ1) is 29.6. The van der Waals surface area contributed by atoms with Gasteiger partial charge in [0.15, 0.2) is 0 Å². The summed E-state index contributed by atoms with van der Waals surface area (Å²) < 4.78 is 30.8. The van der Waals surface area contributed by atoms with E-state index >= 15 is 0 Å². The molecule has 0 bridgehead atoms. The number of rotatable bonds is 23. The van der Waals surface area contributed by atoms with Gasteiger partial charge in [-0.2, -0.15) is 0 Å². The fourth-order valence-electron chi connectivity index (χ4n) is 13.8. The van der Waals surface area contributed by atoms with E-state index in [-0.39, 0.29) is 26.2 Å². The maximum atomic E-state index is 7.85. The van der Waals surface area contributed by atoms with Crippen molar-refractivity contribution < 1.29 is 43.9 Å². The van der Waals surface area contributed by atoms with Crippen LogP contribution in [0.3, 0.4) is 0 Å². The Labute approximate surface area is 423 Å². The van der Waals surface area contributed by atoms with Crippen molar-refractivity contribution in [2.75, 3.05) is 0 Å². The second-order valence-electron chi connectivity index (χ2n) is 23.6. The normalized spacial score (nSPS) is 13.7. The molecule has 9 heteroatoms. The molecule has 364 valence electrons. The summed E-state index contributed by atoms with van der Waals surface area (Å²) in [6, 6.07) is 18.5. The summed E-state index contributed by atoms with van der Waals surface area (Å²) in [5.41, 5.74) is 8.12. The van der Waals surface area contributed by atoms with Crippen molar-refractivity contribution >= 4 is 54.8 Å². The van der Waals surface area contributed by atoms with Gasteiger partial charge < -0.3 is 17.7 Å². The van der Waals surface area contributed by atoms with Crippen LogP contribution in [0.25, 0.3) is 21.5 Å². The molecule has 4 rings (SSSR count). The summed E-state index contributed by atoms with van der Waals surface area (Å²) in [6.45, 7) is 57.5. The van der Waals surface area contributed by atoms with Crippen LogP contribution in [-0.4, -0.2) is 33.3 Å². The van der Waals surface area contributed by atoms with Gasteiger partial charge in [0, 0.05) is 11.5 Å². The molecule has 0 fully saturated rings. The van der Waals surface area contributed by atoms with Crippen LogP contribution in [0.5, 0.6) is 23.0 Å². The van der Waals surface area contributed by atoms with E-state index in [4.69, 9.17) is 17.7 Å². The Morgan fingerprint density at radius 2 is 0.554 bits per heavy atom. The summed E-state index contributed by atoms with van der Waals surface area (Å²) in [4.78, 5) is 0. The second-order valence-corrected chi connectivity index (χ2v) is 45.1. The van der Waals surface area contributed by atoms with E-state index in [2.05, 4.69) is 215 Å². The fraction of sp³-hybridized carbons (Fsp3) is 0.679. The molecule has 0 radical (unpaired) electrons. The predicted molar refractivity (Wildman–Crippen MR) is 293 cm³/mol. The van der Waals surface area contributed by atoms with Gasteiger partial charge >= 0.3 is 26.2 Å². The third-order valence-corrected chi connectivity index (χ3v) is 40.4. The van der Waals surface area contributed by atoms with Crippen LogP contribution in [0.1, 0.15) is 177 Å². The molecule has 0 unspecified atom stereocenters. The van der Waals surface area contributed by atoms with Crippen molar-refractivity contribution in [2.45, 2.75) is 246 Å². The number of benzene rings is 2. The summed E-state index contributed by atoms with van der Waals surface area (Å²) in [7, 11) is -9.15. The van der Waals surface area contributed by atoms with E-state index in [0.29, 0.717) is 66.5 Å². The molecule has 0 aliphatic carbocycles. The Balaban J connectivity index is 0.0000112. The van der Waals surface area contributed by atoms with Crippen molar-refractivity contribution in [3.05, 3.63) is 59.7 Å². The number of fused-ring (bicyclic) bond motifs is 2. The average molecular weight is 1040 g/mol. The molecule has 0 spiro atoms. The molecule has 0 N–H and O–H groups in total. The molecular formula is C56H96O4Si4Zr. The molecule has 0 aromatic heterocycles. The van der Waals surface area contributed by atoms with E-state index in [1.807, 2.05) is 0 Å². The third-order valence-electron chi connectivity index (χ3n) is 16.5. The van der Waals surface area contributed by atoms with Crippen LogP contribution in [-0.2, 0) is 39.0 Å². The zero-order valence-electron chi connectivity index (χ0n) is 46.1. The van der Waals surface area contributed by atoms with Gasteiger partial charge in [0.1, 0.15) is 0 Å². The zero-order chi connectivity index (χ0) is 48.6. The van der Waals surface area contributed by atoms with E-state index in [0.717, 1.165) is 35.8 Å².